The van der Waals surface area contributed by atoms with Gasteiger partial charge in [0, 0.05) is 11.3 Å². The summed E-state index contributed by atoms with van der Waals surface area (Å²) >= 11 is 0. The smallest absolute Gasteiger partial charge is 0.163 e. The van der Waals surface area contributed by atoms with Crippen LogP contribution in [0, 0.1) is 16.7 Å². The van der Waals surface area contributed by atoms with Gasteiger partial charge in [-0.1, -0.05) is 77.1 Å². The number of para-hydroxylation sites is 2. The number of aromatic nitrogens is 6. The van der Waals surface area contributed by atoms with E-state index in [1.54, 1.807) is 6.08 Å². The minimum Gasteiger partial charge on any atom is -0.294 e. The molecule has 0 bridgehead atoms. The molecular weight excluding hydrogens is 424 g/mol. The standard InChI is InChI=1S/C27H30N6O/c1-16-10-7-15-21(34)22(16)25(2,3)26(4,5)27(6,17-11-8-13-19-23(17)30-32-28-19)18-12-9-14-20-24(18)31-33-29-20/h7-9,11-15,22H,1,10H2,2-6H3,(H,28,30,32)(H,29,31,33). The lowest BCUT2D eigenvalue weighted by atomic mass is 9.45. The zero-order valence-electron chi connectivity index (χ0n) is 20.3. The number of aromatic amines is 2. The molecule has 0 saturated heterocycles. The number of hydrogen-bond donors (Lipinski definition) is 2. The van der Waals surface area contributed by atoms with Crippen molar-refractivity contribution in [1.29, 1.82) is 0 Å². The van der Waals surface area contributed by atoms with Crippen LogP contribution in [-0.2, 0) is 10.2 Å². The third kappa shape index (κ3) is 2.85. The molecule has 7 heteroatoms. The highest BCUT2D eigenvalue weighted by atomic mass is 16.1. The maximum atomic E-state index is 13.2. The topological polar surface area (TPSA) is 100 Å². The molecule has 2 heterocycles. The Morgan fingerprint density at radius 3 is 1.88 bits per heavy atom. The van der Waals surface area contributed by atoms with Crippen LogP contribution < -0.4 is 0 Å². The van der Waals surface area contributed by atoms with Crippen LogP contribution in [0.3, 0.4) is 0 Å². The Hall–Kier alpha value is -3.61. The Balaban J connectivity index is 1.84. The van der Waals surface area contributed by atoms with E-state index >= 15 is 0 Å². The molecule has 0 aliphatic heterocycles. The molecule has 1 aliphatic carbocycles. The molecule has 2 N–H and O–H groups in total. The molecule has 0 saturated carbocycles. The van der Waals surface area contributed by atoms with E-state index in [1.165, 1.54) is 0 Å². The highest BCUT2D eigenvalue weighted by Gasteiger charge is 2.58. The molecule has 34 heavy (non-hydrogen) atoms. The van der Waals surface area contributed by atoms with E-state index in [2.05, 4.69) is 84.2 Å². The van der Waals surface area contributed by atoms with Gasteiger partial charge in [0.05, 0.1) is 0 Å². The lowest BCUT2D eigenvalue weighted by molar-refractivity contribution is -0.125. The molecule has 7 nitrogen and oxygen atoms in total. The fraction of sp³-hybridized carbons (Fsp3) is 0.370. The Labute approximate surface area is 198 Å². The quantitative estimate of drug-likeness (QED) is 0.399. The fourth-order valence-electron chi connectivity index (χ4n) is 5.97. The summed E-state index contributed by atoms with van der Waals surface area (Å²) in [4.78, 5) is 13.2. The average molecular weight is 455 g/mol. The summed E-state index contributed by atoms with van der Waals surface area (Å²) in [5.41, 5.74) is 4.64. The van der Waals surface area contributed by atoms with Crippen LogP contribution >= 0.6 is 0 Å². The Morgan fingerprint density at radius 1 is 0.853 bits per heavy atom. The summed E-state index contributed by atoms with van der Waals surface area (Å²) in [7, 11) is 0. The molecular formula is C27H30N6O. The summed E-state index contributed by atoms with van der Waals surface area (Å²) < 4.78 is 0. The number of rotatable bonds is 5. The summed E-state index contributed by atoms with van der Waals surface area (Å²) in [6, 6.07) is 12.2. The SMILES string of the molecule is C=C1CC=CC(=O)C1C(C)(C)C(C)(C)C(C)(c1cccc2n[nH]nc12)c1cccc2n[nH]nc12. The van der Waals surface area contributed by atoms with Gasteiger partial charge < -0.3 is 0 Å². The van der Waals surface area contributed by atoms with Gasteiger partial charge in [0.15, 0.2) is 5.78 Å². The van der Waals surface area contributed by atoms with Crippen LogP contribution in [0.4, 0.5) is 0 Å². The van der Waals surface area contributed by atoms with Gasteiger partial charge in [0.1, 0.15) is 22.1 Å². The van der Waals surface area contributed by atoms with Crippen molar-refractivity contribution in [3.8, 4) is 0 Å². The van der Waals surface area contributed by atoms with Crippen molar-refractivity contribution >= 4 is 27.9 Å². The summed E-state index contributed by atoms with van der Waals surface area (Å²) in [5.74, 6) is -0.198. The number of H-pyrrole nitrogens is 2. The molecule has 5 rings (SSSR count). The molecule has 174 valence electrons. The van der Waals surface area contributed by atoms with E-state index in [4.69, 9.17) is 0 Å². The number of carbonyl (C=O) groups is 1. The number of allylic oxidation sites excluding steroid dienone is 3. The highest BCUT2D eigenvalue weighted by Crippen LogP contribution is 2.61. The van der Waals surface area contributed by atoms with Crippen molar-refractivity contribution in [3.63, 3.8) is 0 Å². The summed E-state index contributed by atoms with van der Waals surface area (Å²) in [5, 5.41) is 23.4. The van der Waals surface area contributed by atoms with E-state index in [0.717, 1.165) is 38.8 Å². The summed E-state index contributed by atoms with van der Waals surface area (Å²) in [6.07, 6.45) is 4.34. The van der Waals surface area contributed by atoms with Gasteiger partial charge in [0.2, 0.25) is 0 Å². The molecule has 2 aromatic heterocycles. The Bertz CT molecular complexity index is 1380. The van der Waals surface area contributed by atoms with E-state index in [9.17, 15) is 4.79 Å². The predicted octanol–water partition coefficient (Wildman–Crippen LogP) is 5.29. The molecule has 0 spiro atoms. The van der Waals surface area contributed by atoms with Crippen LogP contribution in [0.15, 0.2) is 60.7 Å². The number of nitrogens with one attached hydrogen (secondary N) is 2. The minimum absolute atomic E-state index is 0.107. The van der Waals surface area contributed by atoms with Crippen molar-refractivity contribution in [2.45, 2.75) is 46.5 Å². The van der Waals surface area contributed by atoms with Crippen LogP contribution in [0.1, 0.15) is 52.2 Å². The van der Waals surface area contributed by atoms with Gasteiger partial charge in [0.25, 0.3) is 0 Å². The number of hydrogen-bond acceptors (Lipinski definition) is 5. The van der Waals surface area contributed by atoms with Crippen LogP contribution in [0.5, 0.6) is 0 Å². The first-order chi connectivity index (χ1) is 16.1. The second-order valence-electron chi connectivity index (χ2n) is 10.6. The van der Waals surface area contributed by atoms with Crippen LogP contribution in [0.2, 0.25) is 0 Å². The maximum absolute atomic E-state index is 13.2. The molecule has 0 radical (unpaired) electrons. The number of carbonyl (C=O) groups excluding carboxylic acids is 1. The summed E-state index contributed by atoms with van der Waals surface area (Å²) in [6.45, 7) is 15.4. The molecule has 0 amide bonds. The van der Waals surface area contributed by atoms with Crippen molar-refractivity contribution in [2.24, 2.45) is 16.7 Å². The molecule has 2 aromatic carbocycles. The molecule has 4 aromatic rings. The van der Waals surface area contributed by atoms with E-state index in [-0.39, 0.29) is 11.7 Å². The van der Waals surface area contributed by atoms with Gasteiger partial charge in [-0.2, -0.15) is 30.8 Å². The monoisotopic (exact) mass is 454 g/mol. The second-order valence-corrected chi connectivity index (χ2v) is 10.6. The maximum Gasteiger partial charge on any atom is 0.163 e. The highest BCUT2D eigenvalue weighted by molar-refractivity contribution is 5.95. The largest absolute Gasteiger partial charge is 0.294 e. The van der Waals surface area contributed by atoms with Crippen LogP contribution in [0.25, 0.3) is 22.1 Å². The minimum atomic E-state index is -0.620. The normalized spacial score (nSPS) is 17.7. The van der Waals surface area contributed by atoms with Gasteiger partial charge in [-0.15, -0.1) is 0 Å². The number of benzene rings is 2. The molecule has 1 aliphatic rings. The average Bonchev–Trinajstić information content (AvgIpc) is 3.47. The van der Waals surface area contributed by atoms with Crippen molar-refractivity contribution in [2.75, 3.05) is 0 Å². The third-order valence-corrected chi connectivity index (χ3v) is 8.71. The first-order valence-electron chi connectivity index (χ1n) is 11.6. The zero-order chi connectivity index (χ0) is 24.3. The first kappa shape index (κ1) is 22.2. The Kier molecular flexibility index (Phi) is 4.86. The van der Waals surface area contributed by atoms with Crippen molar-refractivity contribution in [1.82, 2.24) is 30.8 Å². The predicted molar refractivity (Wildman–Crippen MR) is 133 cm³/mol. The van der Waals surface area contributed by atoms with Gasteiger partial charge in [-0.3, -0.25) is 4.79 Å². The van der Waals surface area contributed by atoms with Crippen molar-refractivity contribution < 1.29 is 4.79 Å². The number of fused-ring (bicyclic) bond motifs is 2. The second kappa shape index (κ2) is 7.45. The van der Waals surface area contributed by atoms with Gasteiger partial charge in [-0.05, 0) is 46.6 Å². The molecule has 1 atom stereocenters. The first-order valence-corrected chi connectivity index (χ1v) is 11.6. The van der Waals surface area contributed by atoms with E-state index < -0.39 is 16.2 Å². The molecule has 1 unspecified atom stereocenters. The lowest BCUT2D eigenvalue weighted by Crippen LogP contribution is -2.54. The molecule has 0 fully saturated rings. The number of ketones is 1. The lowest BCUT2D eigenvalue weighted by Gasteiger charge is -2.57. The van der Waals surface area contributed by atoms with Gasteiger partial charge in [-0.25, -0.2) is 0 Å². The fourth-order valence-corrected chi connectivity index (χ4v) is 5.97. The third-order valence-electron chi connectivity index (χ3n) is 8.71. The van der Waals surface area contributed by atoms with Gasteiger partial charge >= 0.3 is 0 Å². The number of nitrogens with zero attached hydrogens (tertiary/aromatic N) is 4. The van der Waals surface area contributed by atoms with E-state index in [1.807, 2.05) is 30.3 Å². The van der Waals surface area contributed by atoms with Crippen molar-refractivity contribution in [3.05, 3.63) is 71.8 Å². The van der Waals surface area contributed by atoms with E-state index in [0.29, 0.717) is 6.42 Å². The van der Waals surface area contributed by atoms with Crippen LogP contribution in [-0.4, -0.2) is 36.6 Å². The Morgan fingerprint density at radius 2 is 1.38 bits per heavy atom. The zero-order valence-corrected chi connectivity index (χ0v) is 20.3.